The van der Waals surface area contributed by atoms with Gasteiger partial charge >= 0.3 is 5.97 Å². The van der Waals surface area contributed by atoms with Crippen LogP contribution in [0.5, 0.6) is 0 Å². The molecule has 20 heavy (non-hydrogen) atoms. The molecule has 7 heteroatoms. The number of anilines is 1. The van der Waals surface area contributed by atoms with Gasteiger partial charge in [-0.2, -0.15) is 0 Å². The van der Waals surface area contributed by atoms with Gasteiger partial charge in [0.2, 0.25) is 0 Å². The van der Waals surface area contributed by atoms with E-state index < -0.39 is 12.1 Å². The summed E-state index contributed by atoms with van der Waals surface area (Å²) < 4.78 is 10.5. The van der Waals surface area contributed by atoms with Gasteiger partial charge in [-0.15, -0.1) is 0 Å². The first-order valence-corrected chi connectivity index (χ1v) is 6.77. The summed E-state index contributed by atoms with van der Waals surface area (Å²) in [6, 6.07) is 4.79. The summed E-state index contributed by atoms with van der Waals surface area (Å²) >= 11 is 3.24. The van der Waals surface area contributed by atoms with E-state index >= 15 is 0 Å². The minimum atomic E-state index is -0.896. The predicted molar refractivity (Wildman–Crippen MR) is 78.3 cm³/mol. The van der Waals surface area contributed by atoms with Crippen molar-refractivity contribution in [2.24, 2.45) is 0 Å². The van der Waals surface area contributed by atoms with Crippen LogP contribution in [0.3, 0.4) is 0 Å². The van der Waals surface area contributed by atoms with Crippen LogP contribution in [0.25, 0.3) is 0 Å². The van der Waals surface area contributed by atoms with Crippen molar-refractivity contribution in [3.8, 4) is 0 Å². The average molecular weight is 345 g/mol. The molecule has 110 valence electrons. The molecule has 0 spiro atoms. The van der Waals surface area contributed by atoms with Gasteiger partial charge in [-0.3, -0.25) is 4.79 Å². The number of carbonyl (C=O) groups is 2. The number of ether oxygens (including phenoxy) is 2. The number of halogens is 1. The Labute approximate surface area is 125 Å². The minimum absolute atomic E-state index is 0.279. The Hall–Kier alpha value is -1.60. The minimum Gasteiger partial charge on any atom is -0.449 e. The Bertz CT molecular complexity index is 493. The van der Waals surface area contributed by atoms with Crippen LogP contribution in [0.15, 0.2) is 22.7 Å². The second-order valence-electron chi connectivity index (χ2n) is 4.07. The molecule has 1 rings (SSSR count). The molecule has 1 aromatic rings. The van der Waals surface area contributed by atoms with Crippen LogP contribution < -0.4 is 11.1 Å². The van der Waals surface area contributed by atoms with E-state index in [0.717, 1.165) is 0 Å². The lowest BCUT2D eigenvalue weighted by atomic mass is 10.2. The maximum Gasteiger partial charge on any atom is 0.340 e. The fraction of sp³-hybridized carbons (Fsp3) is 0.385. The Morgan fingerprint density at radius 2 is 2.15 bits per heavy atom. The van der Waals surface area contributed by atoms with E-state index in [0.29, 0.717) is 23.3 Å². The van der Waals surface area contributed by atoms with Gasteiger partial charge in [0.25, 0.3) is 5.91 Å². The maximum absolute atomic E-state index is 12.0. The molecule has 1 atom stereocenters. The molecule has 0 aliphatic heterocycles. The lowest BCUT2D eigenvalue weighted by molar-refractivity contribution is -0.129. The van der Waals surface area contributed by atoms with Crippen molar-refractivity contribution >= 4 is 33.5 Å². The van der Waals surface area contributed by atoms with Crippen molar-refractivity contribution in [2.75, 3.05) is 26.0 Å². The molecule has 1 unspecified atom stereocenters. The number of hydrogen-bond acceptors (Lipinski definition) is 5. The fourth-order valence-electron chi connectivity index (χ4n) is 1.40. The molecule has 0 saturated heterocycles. The normalized spacial score (nSPS) is 11.8. The molecule has 1 aromatic carbocycles. The topological polar surface area (TPSA) is 90.6 Å². The Balaban J connectivity index is 2.61. The fourth-order valence-corrected chi connectivity index (χ4v) is 1.81. The van der Waals surface area contributed by atoms with Crippen LogP contribution in [0, 0.1) is 0 Å². The smallest absolute Gasteiger partial charge is 0.340 e. The van der Waals surface area contributed by atoms with Crippen molar-refractivity contribution in [3.63, 3.8) is 0 Å². The molecule has 0 heterocycles. The SMILES string of the molecule is COCCNC(=O)C(C)OC(=O)c1cc(N)ccc1Br. The number of esters is 1. The molecule has 3 N–H and O–H groups in total. The number of hydrogen-bond donors (Lipinski definition) is 2. The number of nitrogen functional groups attached to an aromatic ring is 1. The quantitative estimate of drug-likeness (QED) is 0.461. The third-order valence-corrected chi connectivity index (χ3v) is 3.16. The first-order valence-electron chi connectivity index (χ1n) is 5.98. The molecular formula is C13H17BrN2O4. The Morgan fingerprint density at radius 3 is 2.80 bits per heavy atom. The van der Waals surface area contributed by atoms with E-state index in [-0.39, 0.29) is 11.5 Å². The number of nitrogens with two attached hydrogens (primary N) is 1. The molecule has 6 nitrogen and oxygen atoms in total. The number of benzene rings is 1. The Kier molecular flexibility index (Phi) is 6.47. The average Bonchev–Trinajstić information content (AvgIpc) is 2.41. The van der Waals surface area contributed by atoms with Crippen molar-refractivity contribution in [1.82, 2.24) is 5.32 Å². The van der Waals surface area contributed by atoms with Gasteiger partial charge in [0.1, 0.15) is 0 Å². The standard InChI is InChI=1S/C13H17BrN2O4/c1-8(12(17)16-5-6-19-2)20-13(18)10-7-9(15)3-4-11(10)14/h3-4,7-8H,5-6,15H2,1-2H3,(H,16,17). The van der Waals surface area contributed by atoms with Gasteiger partial charge in [0.15, 0.2) is 6.10 Å². The van der Waals surface area contributed by atoms with Gasteiger partial charge in [0, 0.05) is 23.8 Å². The highest BCUT2D eigenvalue weighted by Gasteiger charge is 2.20. The summed E-state index contributed by atoms with van der Waals surface area (Å²) in [6.07, 6.45) is -0.896. The van der Waals surface area contributed by atoms with E-state index in [1.807, 2.05) is 0 Å². The van der Waals surface area contributed by atoms with Crippen LogP contribution in [0.2, 0.25) is 0 Å². The molecule has 0 aliphatic carbocycles. The van der Waals surface area contributed by atoms with Crippen LogP contribution in [0.4, 0.5) is 5.69 Å². The van der Waals surface area contributed by atoms with Crippen molar-refractivity contribution in [2.45, 2.75) is 13.0 Å². The molecule has 0 fully saturated rings. The summed E-state index contributed by atoms with van der Waals surface area (Å²) in [7, 11) is 1.53. The largest absolute Gasteiger partial charge is 0.449 e. The van der Waals surface area contributed by atoms with Crippen molar-refractivity contribution in [1.29, 1.82) is 0 Å². The van der Waals surface area contributed by atoms with Crippen LogP contribution in [-0.4, -0.2) is 38.2 Å². The Morgan fingerprint density at radius 1 is 1.45 bits per heavy atom. The van der Waals surface area contributed by atoms with E-state index in [1.165, 1.54) is 20.1 Å². The highest BCUT2D eigenvalue weighted by Crippen LogP contribution is 2.20. The van der Waals surface area contributed by atoms with Gasteiger partial charge in [0.05, 0.1) is 12.2 Å². The lowest BCUT2D eigenvalue weighted by Crippen LogP contribution is -2.37. The summed E-state index contributed by atoms with van der Waals surface area (Å²) in [4.78, 5) is 23.6. The molecule has 1 amide bonds. The summed E-state index contributed by atoms with van der Waals surface area (Å²) in [5, 5.41) is 2.59. The number of carbonyl (C=O) groups excluding carboxylic acids is 2. The molecule has 0 aliphatic rings. The second-order valence-corrected chi connectivity index (χ2v) is 4.92. The third kappa shape index (κ3) is 4.82. The summed E-state index contributed by atoms with van der Waals surface area (Å²) in [6.45, 7) is 2.26. The van der Waals surface area contributed by atoms with Crippen LogP contribution >= 0.6 is 15.9 Å². The highest BCUT2D eigenvalue weighted by molar-refractivity contribution is 9.10. The van der Waals surface area contributed by atoms with Gasteiger partial charge in [-0.05, 0) is 41.1 Å². The molecule has 0 bridgehead atoms. The second kappa shape index (κ2) is 7.86. The zero-order valence-corrected chi connectivity index (χ0v) is 12.9. The summed E-state index contributed by atoms with van der Waals surface area (Å²) in [5.74, 6) is -0.992. The molecular weight excluding hydrogens is 328 g/mol. The number of rotatable bonds is 6. The first-order chi connectivity index (χ1) is 9.45. The van der Waals surface area contributed by atoms with Crippen molar-refractivity contribution < 1.29 is 19.1 Å². The molecule has 0 aromatic heterocycles. The van der Waals surface area contributed by atoms with Gasteiger partial charge in [-0.1, -0.05) is 0 Å². The maximum atomic E-state index is 12.0. The van der Waals surface area contributed by atoms with Crippen molar-refractivity contribution in [3.05, 3.63) is 28.2 Å². The van der Waals surface area contributed by atoms with Gasteiger partial charge < -0.3 is 20.5 Å². The molecule has 0 radical (unpaired) electrons. The number of nitrogens with one attached hydrogen (secondary N) is 1. The zero-order chi connectivity index (χ0) is 15.1. The van der Waals surface area contributed by atoms with E-state index in [1.54, 1.807) is 12.1 Å². The lowest BCUT2D eigenvalue weighted by Gasteiger charge is -2.14. The third-order valence-electron chi connectivity index (χ3n) is 2.47. The molecule has 0 saturated carbocycles. The monoisotopic (exact) mass is 344 g/mol. The first kappa shape index (κ1) is 16.5. The van der Waals surface area contributed by atoms with E-state index in [4.69, 9.17) is 15.2 Å². The zero-order valence-electron chi connectivity index (χ0n) is 11.3. The van der Waals surface area contributed by atoms with E-state index in [2.05, 4.69) is 21.2 Å². The van der Waals surface area contributed by atoms with Gasteiger partial charge in [-0.25, -0.2) is 4.79 Å². The number of methoxy groups -OCH3 is 1. The highest BCUT2D eigenvalue weighted by atomic mass is 79.9. The van der Waals surface area contributed by atoms with Crippen LogP contribution in [0.1, 0.15) is 17.3 Å². The van der Waals surface area contributed by atoms with Crippen LogP contribution in [-0.2, 0) is 14.3 Å². The predicted octanol–water partition coefficient (Wildman–Crippen LogP) is 1.34. The number of amides is 1. The van der Waals surface area contributed by atoms with E-state index in [9.17, 15) is 9.59 Å². The summed E-state index contributed by atoms with van der Waals surface area (Å²) in [5.41, 5.74) is 6.34.